The van der Waals surface area contributed by atoms with Crippen LogP contribution in [0.3, 0.4) is 0 Å². The number of nitrogens with zero attached hydrogens (tertiary/aromatic N) is 1. The van der Waals surface area contributed by atoms with Gasteiger partial charge in [-0.1, -0.05) is 0 Å². The number of carbonyl (C=O) groups is 1. The Labute approximate surface area is 93.2 Å². The molecule has 0 unspecified atom stereocenters. The van der Waals surface area contributed by atoms with E-state index in [9.17, 15) is 4.79 Å². The maximum Gasteiger partial charge on any atom is 0.332 e. The van der Waals surface area contributed by atoms with Gasteiger partial charge in [0.05, 0.1) is 12.3 Å². The third kappa shape index (κ3) is 3.63. The van der Waals surface area contributed by atoms with Crippen LogP contribution in [0.1, 0.15) is 24.3 Å². The van der Waals surface area contributed by atoms with Crippen LogP contribution >= 0.6 is 0 Å². The number of rotatable bonds is 6. The van der Waals surface area contributed by atoms with Gasteiger partial charge in [-0.3, -0.25) is 0 Å². The number of aromatic nitrogens is 1. The van der Waals surface area contributed by atoms with Crippen LogP contribution < -0.4 is 0 Å². The predicted molar refractivity (Wildman–Crippen MR) is 53.5 cm³/mol. The molecule has 0 amide bonds. The first kappa shape index (κ1) is 12.7. The summed E-state index contributed by atoms with van der Waals surface area (Å²) in [5.74, 6) is 0.328. The van der Waals surface area contributed by atoms with E-state index in [4.69, 9.17) is 14.3 Å². The van der Waals surface area contributed by atoms with Crippen molar-refractivity contribution < 1.29 is 23.8 Å². The Morgan fingerprint density at radius 2 is 2.31 bits per heavy atom. The van der Waals surface area contributed by atoms with Crippen molar-refractivity contribution in [2.45, 2.75) is 27.1 Å². The summed E-state index contributed by atoms with van der Waals surface area (Å²) in [5, 5.41) is 8.87. The molecule has 0 saturated heterocycles. The molecule has 1 aromatic heterocycles. The molecule has 0 bridgehead atoms. The molecule has 0 aliphatic carbocycles. The minimum absolute atomic E-state index is 0.0830. The van der Waals surface area contributed by atoms with E-state index in [0.717, 1.165) is 0 Å². The Hall–Kier alpha value is -1.40. The van der Waals surface area contributed by atoms with E-state index in [1.807, 2.05) is 0 Å². The van der Waals surface area contributed by atoms with Crippen LogP contribution in [0.2, 0.25) is 0 Å². The summed E-state index contributed by atoms with van der Waals surface area (Å²) in [6.45, 7) is 3.53. The van der Waals surface area contributed by atoms with Crippen molar-refractivity contribution in [3.63, 3.8) is 0 Å². The predicted octanol–water partition coefficient (Wildman–Crippen LogP) is 0.555. The van der Waals surface area contributed by atoms with Gasteiger partial charge in [-0.2, -0.15) is 0 Å². The second kappa shape index (κ2) is 6.24. The number of esters is 1. The van der Waals surface area contributed by atoms with Gasteiger partial charge in [0.2, 0.25) is 5.89 Å². The third-order valence-electron chi connectivity index (χ3n) is 1.83. The molecular formula is C10H15NO5. The average molecular weight is 229 g/mol. The number of aryl methyl sites for hydroxylation is 1. The highest BCUT2D eigenvalue weighted by atomic mass is 16.6. The monoisotopic (exact) mass is 229 g/mol. The van der Waals surface area contributed by atoms with Crippen LogP contribution in [0.15, 0.2) is 4.42 Å². The first-order chi connectivity index (χ1) is 7.67. The fourth-order valence-electron chi connectivity index (χ4n) is 1.12. The van der Waals surface area contributed by atoms with Crippen molar-refractivity contribution in [1.29, 1.82) is 0 Å². The summed E-state index contributed by atoms with van der Waals surface area (Å²) in [7, 11) is 0. The highest BCUT2D eigenvalue weighted by molar-refractivity contribution is 5.70. The van der Waals surface area contributed by atoms with E-state index in [2.05, 4.69) is 9.72 Å². The van der Waals surface area contributed by atoms with Crippen molar-refractivity contribution in [2.24, 2.45) is 0 Å². The molecule has 0 aliphatic heterocycles. The molecule has 0 aliphatic rings. The molecule has 1 heterocycles. The zero-order valence-corrected chi connectivity index (χ0v) is 9.36. The van der Waals surface area contributed by atoms with Crippen LogP contribution in [-0.4, -0.2) is 29.3 Å². The summed E-state index contributed by atoms with van der Waals surface area (Å²) in [5.41, 5.74) is 0.622. The summed E-state index contributed by atoms with van der Waals surface area (Å²) >= 11 is 0. The Morgan fingerprint density at radius 3 is 2.88 bits per heavy atom. The van der Waals surface area contributed by atoms with Crippen molar-refractivity contribution >= 4 is 5.97 Å². The molecule has 0 spiro atoms. The minimum atomic E-state index is -0.423. The van der Waals surface area contributed by atoms with E-state index in [0.29, 0.717) is 24.0 Å². The summed E-state index contributed by atoms with van der Waals surface area (Å²) in [6.07, 6.45) is 0. The van der Waals surface area contributed by atoms with Crippen molar-refractivity contribution in [3.8, 4) is 0 Å². The van der Waals surface area contributed by atoms with Gasteiger partial charge in [-0.25, -0.2) is 9.78 Å². The Morgan fingerprint density at radius 1 is 1.56 bits per heavy atom. The highest BCUT2D eigenvalue weighted by Crippen LogP contribution is 2.10. The fourth-order valence-corrected chi connectivity index (χ4v) is 1.12. The number of oxazole rings is 1. The lowest BCUT2D eigenvalue weighted by Gasteiger charge is -2.01. The molecule has 0 saturated carbocycles. The zero-order chi connectivity index (χ0) is 12.0. The topological polar surface area (TPSA) is 81.8 Å². The second-order valence-corrected chi connectivity index (χ2v) is 3.07. The van der Waals surface area contributed by atoms with E-state index >= 15 is 0 Å². The molecule has 16 heavy (non-hydrogen) atoms. The minimum Gasteiger partial charge on any atom is -0.464 e. The molecule has 1 aromatic rings. The summed E-state index contributed by atoms with van der Waals surface area (Å²) in [4.78, 5) is 14.9. The molecular weight excluding hydrogens is 214 g/mol. The molecule has 90 valence electrons. The van der Waals surface area contributed by atoms with Gasteiger partial charge in [0.1, 0.15) is 19.8 Å². The summed E-state index contributed by atoms with van der Waals surface area (Å²) < 4.78 is 14.9. The lowest BCUT2D eigenvalue weighted by atomic mass is 10.4. The van der Waals surface area contributed by atoms with Crippen molar-refractivity contribution in [2.75, 3.05) is 13.2 Å². The van der Waals surface area contributed by atoms with Crippen LogP contribution in [0.4, 0.5) is 0 Å². The van der Waals surface area contributed by atoms with Crippen LogP contribution in [0.25, 0.3) is 0 Å². The fraction of sp³-hybridized carbons (Fsp3) is 0.600. The maximum atomic E-state index is 10.9. The maximum absolute atomic E-state index is 10.9. The molecule has 0 aromatic carbocycles. The SMILES string of the molecule is CCOC(=O)COCc1nc(C)c(CO)o1. The first-order valence-electron chi connectivity index (χ1n) is 4.96. The van der Waals surface area contributed by atoms with Crippen molar-refractivity contribution in [1.82, 2.24) is 4.98 Å². The van der Waals surface area contributed by atoms with Crippen molar-refractivity contribution in [3.05, 3.63) is 17.3 Å². The number of hydrogen-bond donors (Lipinski definition) is 1. The van der Waals surface area contributed by atoms with E-state index < -0.39 is 5.97 Å². The van der Waals surface area contributed by atoms with Gasteiger partial charge in [0.25, 0.3) is 0 Å². The Bertz CT molecular complexity index is 347. The number of ether oxygens (including phenoxy) is 2. The van der Waals surface area contributed by atoms with E-state index in [-0.39, 0.29) is 19.8 Å². The molecule has 6 heteroatoms. The zero-order valence-electron chi connectivity index (χ0n) is 9.36. The largest absolute Gasteiger partial charge is 0.464 e. The summed E-state index contributed by atoms with van der Waals surface area (Å²) in [6, 6.07) is 0. The first-order valence-corrected chi connectivity index (χ1v) is 4.96. The van der Waals surface area contributed by atoms with Gasteiger partial charge >= 0.3 is 5.97 Å². The quantitative estimate of drug-likeness (QED) is 0.717. The molecule has 1 N–H and O–H groups in total. The Kier molecular flexibility index (Phi) is 4.94. The Balaban J connectivity index is 2.34. The number of carbonyl (C=O) groups excluding carboxylic acids is 1. The van der Waals surface area contributed by atoms with E-state index in [1.165, 1.54) is 0 Å². The smallest absolute Gasteiger partial charge is 0.332 e. The van der Waals surface area contributed by atoms with Gasteiger partial charge in [-0.05, 0) is 13.8 Å². The van der Waals surface area contributed by atoms with Crippen LogP contribution in [0, 0.1) is 6.92 Å². The lowest BCUT2D eigenvalue weighted by molar-refractivity contribution is -0.149. The van der Waals surface area contributed by atoms with Gasteiger partial charge in [-0.15, -0.1) is 0 Å². The van der Waals surface area contributed by atoms with Gasteiger partial charge < -0.3 is 19.0 Å². The lowest BCUT2D eigenvalue weighted by Crippen LogP contribution is -2.12. The molecule has 0 atom stereocenters. The highest BCUT2D eigenvalue weighted by Gasteiger charge is 2.09. The number of aliphatic hydroxyl groups excluding tert-OH is 1. The standard InChI is InChI=1S/C10H15NO5/c1-3-15-10(13)6-14-5-9-11-7(2)8(4-12)16-9/h12H,3-6H2,1-2H3. The average Bonchev–Trinajstić information content (AvgIpc) is 2.59. The number of hydrogen-bond acceptors (Lipinski definition) is 6. The van der Waals surface area contributed by atoms with Crippen LogP contribution in [-0.2, 0) is 27.5 Å². The van der Waals surface area contributed by atoms with Crippen LogP contribution in [0.5, 0.6) is 0 Å². The normalized spacial score (nSPS) is 10.4. The van der Waals surface area contributed by atoms with E-state index in [1.54, 1.807) is 13.8 Å². The molecule has 1 rings (SSSR count). The molecule has 0 fully saturated rings. The molecule has 0 radical (unpaired) electrons. The third-order valence-corrected chi connectivity index (χ3v) is 1.83. The van der Waals surface area contributed by atoms with Gasteiger partial charge in [0.15, 0.2) is 5.76 Å². The van der Waals surface area contributed by atoms with Gasteiger partial charge in [0, 0.05) is 0 Å². The molecule has 6 nitrogen and oxygen atoms in total. The second-order valence-electron chi connectivity index (χ2n) is 3.07. The number of aliphatic hydroxyl groups is 1.